The van der Waals surface area contributed by atoms with Crippen LogP contribution in [0.5, 0.6) is 0 Å². The van der Waals surface area contributed by atoms with Crippen molar-refractivity contribution in [3.63, 3.8) is 0 Å². The highest BCUT2D eigenvalue weighted by Crippen LogP contribution is 2.38. The normalized spacial score (nSPS) is 16.5. The van der Waals surface area contributed by atoms with Crippen LogP contribution in [0.15, 0.2) is 24.3 Å². The molecular weight excluding hydrogens is 290 g/mol. The maximum Gasteiger partial charge on any atom is 0.313 e. The second kappa shape index (κ2) is 6.10. The quantitative estimate of drug-likeness (QED) is 0.422. The molecule has 1 fully saturated rings. The summed E-state index contributed by atoms with van der Waals surface area (Å²) in [4.78, 5) is 33.3. The Morgan fingerprint density at radius 2 is 1.91 bits per heavy atom. The molecule has 1 aliphatic rings. The minimum atomic E-state index is -1.01. The molecular formula is C14H17N3O5. The van der Waals surface area contributed by atoms with Crippen LogP contribution < -0.4 is 10.6 Å². The fourth-order valence-corrected chi connectivity index (χ4v) is 2.04. The third-order valence-corrected chi connectivity index (χ3v) is 3.61. The number of carbonyl (C=O) groups excluding carboxylic acids is 2. The third kappa shape index (κ3) is 4.01. The number of non-ortho nitro benzene ring substituents is 1. The predicted octanol–water partition coefficient (Wildman–Crippen LogP) is 0.810. The SMILES string of the molecule is CC(O)(CNC(=O)C(=O)Nc1ccc([N+](=O)[O-])cc1)C1CC1. The summed E-state index contributed by atoms with van der Waals surface area (Å²) in [5.41, 5.74) is -0.842. The summed E-state index contributed by atoms with van der Waals surface area (Å²) >= 11 is 0. The molecule has 0 bridgehead atoms. The first kappa shape index (κ1) is 15.9. The number of hydrogen-bond acceptors (Lipinski definition) is 5. The minimum Gasteiger partial charge on any atom is -0.388 e. The summed E-state index contributed by atoms with van der Waals surface area (Å²) in [6.07, 6.45) is 1.83. The molecule has 1 aliphatic carbocycles. The van der Waals surface area contributed by atoms with Gasteiger partial charge >= 0.3 is 11.8 Å². The zero-order valence-electron chi connectivity index (χ0n) is 12.0. The highest BCUT2D eigenvalue weighted by atomic mass is 16.6. The van der Waals surface area contributed by atoms with E-state index in [4.69, 9.17) is 0 Å². The Morgan fingerprint density at radius 1 is 1.32 bits per heavy atom. The standard InChI is InChI=1S/C14H17N3O5/c1-14(20,9-2-3-9)8-15-12(18)13(19)16-10-4-6-11(7-5-10)17(21)22/h4-7,9,20H,2-3,8H2,1H3,(H,15,18)(H,16,19). The Bertz CT molecular complexity index is 593. The van der Waals surface area contributed by atoms with Crippen LogP contribution in [0, 0.1) is 16.0 Å². The van der Waals surface area contributed by atoms with Crippen LogP contribution in [0.1, 0.15) is 19.8 Å². The molecule has 0 saturated heterocycles. The van der Waals surface area contributed by atoms with E-state index in [1.807, 2.05) is 0 Å². The highest BCUT2D eigenvalue weighted by Gasteiger charge is 2.40. The number of anilines is 1. The summed E-state index contributed by atoms with van der Waals surface area (Å²) in [6.45, 7) is 1.63. The first-order valence-electron chi connectivity index (χ1n) is 6.85. The van der Waals surface area contributed by atoms with E-state index in [-0.39, 0.29) is 23.8 Å². The van der Waals surface area contributed by atoms with Gasteiger partial charge in [-0.15, -0.1) is 0 Å². The maximum atomic E-state index is 11.7. The number of nitrogens with one attached hydrogen (secondary N) is 2. The first-order chi connectivity index (χ1) is 10.3. The molecule has 0 aromatic heterocycles. The Hall–Kier alpha value is -2.48. The van der Waals surface area contributed by atoms with Gasteiger partial charge in [0, 0.05) is 24.4 Å². The van der Waals surface area contributed by atoms with Gasteiger partial charge in [-0.25, -0.2) is 0 Å². The second-order valence-corrected chi connectivity index (χ2v) is 5.57. The molecule has 1 atom stereocenters. The largest absolute Gasteiger partial charge is 0.388 e. The maximum absolute atomic E-state index is 11.7. The van der Waals surface area contributed by atoms with Crippen molar-refractivity contribution in [2.24, 2.45) is 5.92 Å². The fraction of sp³-hybridized carbons (Fsp3) is 0.429. The van der Waals surface area contributed by atoms with Gasteiger partial charge in [0.1, 0.15) is 0 Å². The lowest BCUT2D eigenvalue weighted by atomic mass is 10.0. The molecule has 1 saturated carbocycles. The summed E-state index contributed by atoms with van der Waals surface area (Å²) in [7, 11) is 0. The van der Waals surface area contributed by atoms with Gasteiger partial charge in [-0.05, 0) is 37.8 Å². The number of nitro benzene ring substituents is 1. The van der Waals surface area contributed by atoms with E-state index in [9.17, 15) is 24.8 Å². The first-order valence-corrected chi connectivity index (χ1v) is 6.85. The van der Waals surface area contributed by atoms with Crippen LogP contribution >= 0.6 is 0 Å². The summed E-state index contributed by atoms with van der Waals surface area (Å²) in [5.74, 6) is -1.59. The molecule has 2 rings (SSSR count). The van der Waals surface area contributed by atoms with Crippen molar-refractivity contribution in [3.8, 4) is 0 Å². The van der Waals surface area contributed by atoms with E-state index in [1.165, 1.54) is 24.3 Å². The molecule has 22 heavy (non-hydrogen) atoms. The molecule has 8 nitrogen and oxygen atoms in total. The van der Waals surface area contributed by atoms with E-state index in [2.05, 4.69) is 10.6 Å². The number of hydrogen-bond donors (Lipinski definition) is 3. The van der Waals surface area contributed by atoms with Crippen LogP contribution in [0.4, 0.5) is 11.4 Å². The van der Waals surface area contributed by atoms with Gasteiger partial charge in [0.25, 0.3) is 5.69 Å². The number of aliphatic hydroxyl groups is 1. The van der Waals surface area contributed by atoms with Gasteiger partial charge in [0.2, 0.25) is 0 Å². The molecule has 3 N–H and O–H groups in total. The number of nitrogens with zero attached hydrogens (tertiary/aromatic N) is 1. The van der Waals surface area contributed by atoms with Crippen molar-refractivity contribution in [2.45, 2.75) is 25.4 Å². The lowest BCUT2D eigenvalue weighted by Gasteiger charge is -2.22. The van der Waals surface area contributed by atoms with Crippen LogP contribution in [0.3, 0.4) is 0 Å². The lowest BCUT2D eigenvalue weighted by molar-refractivity contribution is -0.384. The lowest BCUT2D eigenvalue weighted by Crippen LogP contribution is -2.45. The van der Waals surface area contributed by atoms with E-state index in [0.29, 0.717) is 0 Å². The van der Waals surface area contributed by atoms with Crippen molar-refractivity contribution >= 4 is 23.2 Å². The van der Waals surface area contributed by atoms with Crippen molar-refractivity contribution in [1.29, 1.82) is 0 Å². The fourth-order valence-electron chi connectivity index (χ4n) is 2.04. The Labute approximate surface area is 126 Å². The number of rotatable bonds is 5. The summed E-state index contributed by atoms with van der Waals surface area (Å²) < 4.78 is 0. The smallest absolute Gasteiger partial charge is 0.313 e. The number of carbonyl (C=O) groups is 2. The van der Waals surface area contributed by atoms with Crippen LogP contribution in [0.25, 0.3) is 0 Å². The molecule has 0 radical (unpaired) electrons. The molecule has 1 unspecified atom stereocenters. The van der Waals surface area contributed by atoms with E-state index < -0.39 is 22.3 Å². The average Bonchev–Trinajstić information content (AvgIpc) is 3.30. The van der Waals surface area contributed by atoms with Crippen LogP contribution in [-0.2, 0) is 9.59 Å². The molecule has 0 spiro atoms. The average molecular weight is 307 g/mol. The zero-order valence-corrected chi connectivity index (χ0v) is 12.0. The third-order valence-electron chi connectivity index (χ3n) is 3.61. The summed E-state index contributed by atoms with van der Waals surface area (Å²) in [6, 6.07) is 5.13. The topological polar surface area (TPSA) is 122 Å². The molecule has 1 aromatic rings. The van der Waals surface area contributed by atoms with Gasteiger partial charge < -0.3 is 15.7 Å². The number of benzene rings is 1. The van der Waals surface area contributed by atoms with Crippen molar-refractivity contribution in [3.05, 3.63) is 34.4 Å². The number of nitro groups is 1. The minimum absolute atomic E-state index is 0.00415. The van der Waals surface area contributed by atoms with Gasteiger partial charge in [-0.3, -0.25) is 19.7 Å². The summed E-state index contributed by atoms with van der Waals surface area (Å²) in [5, 5.41) is 25.3. The van der Waals surface area contributed by atoms with Gasteiger partial charge in [0.05, 0.1) is 10.5 Å². The zero-order chi connectivity index (χ0) is 16.3. The molecule has 0 aliphatic heterocycles. The monoisotopic (exact) mass is 307 g/mol. The molecule has 118 valence electrons. The van der Waals surface area contributed by atoms with E-state index in [1.54, 1.807) is 6.92 Å². The Morgan fingerprint density at radius 3 is 2.41 bits per heavy atom. The van der Waals surface area contributed by atoms with Crippen molar-refractivity contribution < 1.29 is 19.6 Å². The van der Waals surface area contributed by atoms with E-state index >= 15 is 0 Å². The van der Waals surface area contributed by atoms with Gasteiger partial charge in [-0.1, -0.05) is 0 Å². The van der Waals surface area contributed by atoms with Gasteiger partial charge in [0.15, 0.2) is 0 Å². The Kier molecular flexibility index (Phi) is 4.41. The Balaban J connectivity index is 1.85. The number of amides is 2. The highest BCUT2D eigenvalue weighted by molar-refractivity contribution is 6.39. The molecule has 1 aromatic carbocycles. The molecule has 8 heteroatoms. The van der Waals surface area contributed by atoms with Crippen LogP contribution in [0.2, 0.25) is 0 Å². The predicted molar refractivity (Wildman–Crippen MR) is 78.1 cm³/mol. The second-order valence-electron chi connectivity index (χ2n) is 5.57. The van der Waals surface area contributed by atoms with Gasteiger partial charge in [-0.2, -0.15) is 0 Å². The van der Waals surface area contributed by atoms with E-state index in [0.717, 1.165) is 12.8 Å². The van der Waals surface area contributed by atoms with Crippen molar-refractivity contribution in [1.82, 2.24) is 5.32 Å². The molecule has 0 heterocycles. The van der Waals surface area contributed by atoms with Crippen LogP contribution in [-0.4, -0.2) is 34.0 Å². The molecule has 2 amide bonds. The van der Waals surface area contributed by atoms with Crippen molar-refractivity contribution in [2.75, 3.05) is 11.9 Å².